The van der Waals surface area contributed by atoms with Gasteiger partial charge in [-0.25, -0.2) is 4.79 Å². The Morgan fingerprint density at radius 1 is 1.44 bits per heavy atom. The molecule has 18 heavy (non-hydrogen) atoms. The Balaban J connectivity index is 2.40. The number of ether oxygens (including phenoxy) is 1. The zero-order valence-electron chi connectivity index (χ0n) is 11.1. The molecule has 100 valence electrons. The van der Waals surface area contributed by atoms with Crippen molar-refractivity contribution in [3.8, 4) is 0 Å². The van der Waals surface area contributed by atoms with E-state index in [-0.39, 0.29) is 18.2 Å². The number of carbonyl (C=O) groups is 2. The molecule has 1 atom stereocenters. The van der Waals surface area contributed by atoms with Crippen LogP contribution in [-0.2, 0) is 4.74 Å². The normalized spacial score (nSPS) is 12.9. The summed E-state index contributed by atoms with van der Waals surface area (Å²) in [5.74, 6) is -0.223. The zero-order valence-corrected chi connectivity index (χ0v) is 12.0. The maximum atomic E-state index is 11.9. The van der Waals surface area contributed by atoms with Crippen molar-refractivity contribution in [2.75, 3.05) is 6.54 Å². The fourth-order valence-electron chi connectivity index (χ4n) is 1.33. The topological polar surface area (TPSA) is 55.4 Å². The Labute approximate surface area is 111 Å². The molecule has 0 aliphatic heterocycles. The van der Waals surface area contributed by atoms with Gasteiger partial charge < -0.3 is 10.1 Å². The van der Waals surface area contributed by atoms with E-state index in [9.17, 15) is 9.59 Å². The molecule has 0 spiro atoms. The van der Waals surface area contributed by atoms with Gasteiger partial charge in [-0.1, -0.05) is 6.92 Å². The van der Waals surface area contributed by atoms with E-state index in [4.69, 9.17) is 4.74 Å². The maximum absolute atomic E-state index is 11.9. The molecule has 0 bridgehead atoms. The Morgan fingerprint density at radius 2 is 2.11 bits per heavy atom. The monoisotopic (exact) mass is 269 g/mol. The summed E-state index contributed by atoms with van der Waals surface area (Å²) in [5, 5.41) is 6.28. The number of Topliss-reactive ketones (excluding diaryl/α,β-unsaturated/α-hetero) is 1. The van der Waals surface area contributed by atoms with E-state index >= 15 is 0 Å². The van der Waals surface area contributed by atoms with Crippen LogP contribution >= 0.6 is 11.3 Å². The van der Waals surface area contributed by atoms with Crippen molar-refractivity contribution in [3.05, 3.63) is 22.4 Å². The quantitative estimate of drug-likeness (QED) is 0.855. The van der Waals surface area contributed by atoms with Crippen LogP contribution in [0.25, 0.3) is 0 Å². The number of nitrogens with one attached hydrogen (secondary N) is 1. The number of ketones is 1. The number of alkyl carbamates (subject to hydrolysis) is 1. The average molecular weight is 269 g/mol. The molecule has 0 saturated carbocycles. The van der Waals surface area contributed by atoms with Crippen LogP contribution in [0.1, 0.15) is 38.1 Å². The second-order valence-corrected chi connectivity index (χ2v) is 5.94. The van der Waals surface area contributed by atoms with Crippen LogP contribution in [0.2, 0.25) is 0 Å². The largest absolute Gasteiger partial charge is 0.444 e. The molecule has 1 aromatic heterocycles. The molecule has 0 aliphatic rings. The van der Waals surface area contributed by atoms with Gasteiger partial charge in [0.2, 0.25) is 0 Å². The second kappa shape index (κ2) is 6.00. The van der Waals surface area contributed by atoms with Gasteiger partial charge >= 0.3 is 6.09 Å². The standard InChI is InChI=1S/C13H19NO3S/c1-9(11(15)10-5-6-18-8-10)7-14-12(16)17-13(2,3)4/h5-6,8-9H,7H2,1-4H3,(H,14,16). The first-order valence-corrected chi connectivity index (χ1v) is 6.77. The van der Waals surface area contributed by atoms with Crippen LogP contribution in [0.3, 0.4) is 0 Å². The Kier molecular flexibility index (Phi) is 4.90. The van der Waals surface area contributed by atoms with E-state index in [2.05, 4.69) is 5.32 Å². The van der Waals surface area contributed by atoms with Crippen LogP contribution in [0, 0.1) is 5.92 Å². The molecule has 0 aliphatic carbocycles. The summed E-state index contributed by atoms with van der Waals surface area (Å²) < 4.78 is 5.10. The van der Waals surface area contributed by atoms with E-state index in [1.165, 1.54) is 11.3 Å². The lowest BCUT2D eigenvalue weighted by Gasteiger charge is -2.20. The fraction of sp³-hybridized carbons (Fsp3) is 0.538. The van der Waals surface area contributed by atoms with Crippen LogP contribution in [0.15, 0.2) is 16.8 Å². The number of carbonyl (C=O) groups excluding carboxylic acids is 2. The average Bonchev–Trinajstić information content (AvgIpc) is 2.75. The van der Waals surface area contributed by atoms with Crippen LogP contribution in [-0.4, -0.2) is 24.0 Å². The first kappa shape index (κ1) is 14.7. The van der Waals surface area contributed by atoms with E-state index in [1.54, 1.807) is 33.8 Å². The van der Waals surface area contributed by atoms with Crippen LogP contribution in [0.5, 0.6) is 0 Å². The summed E-state index contributed by atoms with van der Waals surface area (Å²) in [5.41, 5.74) is 0.170. The molecular formula is C13H19NO3S. The highest BCUT2D eigenvalue weighted by molar-refractivity contribution is 7.08. The summed E-state index contributed by atoms with van der Waals surface area (Å²) in [4.78, 5) is 23.3. The van der Waals surface area contributed by atoms with Gasteiger partial charge in [0.25, 0.3) is 0 Å². The smallest absolute Gasteiger partial charge is 0.407 e. The molecule has 1 rings (SSSR count). The van der Waals surface area contributed by atoms with E-state index in [1.807, 2.05) is 10.8 Å². The predicted octanol–water partition coefficient (Wildman–Crippen LogP) is 3.09. The minimum absolute atomic E-state index is 0.0345. The number of amides is 1. The molecule has 0 radical (unpaired) electrons. The highest BCUT2D eigenvalue weighted by atomic mass is 32.1. The first-order chi connectivity index (χ1) is 8.29. The summed E-state index contributed by atoms with van der Waals surface area (Å²) in [7, 11) is 0. The molecule has 0 saturated heterocycles. The number of rotatable bonds is 4. The summed E-state index contributed by atoms with van der Waals surface area (Å²) in [6.07, 6.45) is -0.493. The molecule has 0 aromatic carbocycles. The number of thiophene rings is 1. The molecule has 1 amide bonds. The third kappa shape index (κ3) is 4.87. The Bertz CT molecular complexity index is 406. The summed E-state index contributed by atoms with van der Waals surface area (Å²) in [6.45, 7) is 7.46. The van der Waals surface area contributed by atoms with Gasteiger partial charge in [0.1, 0.15) is 5.60 Å². The van der Waals surface area contributed by atoms with Crippen molar-refractivity contribution in [3.63, 3.8) is 0 Å². The first-order valence-electron chi connectivity index (χ1n) is 5.83. The van der Waals surface area contributed by atoms with Gasteiger partial charge in [-0.05, 0) is 32.2 Å². The third-order valence-electron chi connectivity index (χ3n) is 2.20. The maximum Gasteiger partial charge on any atom is 0.407 e. The number of hydrogen-bond acceptors (Lipinski definition) is 4. The molecule has 1 aromatic rings. The summed E-state index contributed by atoms with van der Waals surface area (Å²) >= 11 is 1.48. The molecule has 1 N–H and O–H groups in total. The van der Waals surface area contributed by atoms with Crippen molar-refractivity contribution >= 4 is 23.2 Å². The highest BCUT2D eigenvalue weighted by Gasteiger charge is 2.19. The predicted molar refractivity (Wildman–Crippen MR) is 72.1 cm³/mol. The van der Waals surface area contributed by atoms with Crippen LogP contribution < -0.4 is 5.32 Å². The zero-order chi connectivity index (χ0) is 13.8. The Morgan fingerprint density at radius 3 is 2.61 bits per heavy atom. The van der Waals surface area contributed by atoms with Gasteiger partial charge in [0.05, 0.1) is 0 Å². The van der Waals surface area contributed by atoms with Crippen molar-refractivity contribution in [2.45, 2.75) is 33.3 Å². The number of hydrogen-bond donors (Lipinski definition) is 1. The SMILES string of the molecule is CC(CNC(=O)OC(C)(C)C)C(=O)c1ccsc1. The summed E-state index contributed by atoms with van der Waals surface area (Å²) in [6, 6.07) is 1.79. The highest BCUT2D eigenvalue weighted by Crippen LogP contribution is 2.12. The minimum Gasteiger partial charge on any atom is -0.444 e. The van der Waals surface area contributed by atoms with Crippen molar-refractivity contribution in [1.29, 1.82) is 0 Å². The lowest BCUT2D eigenvalue weighted by molar-refractivity contribution is 0.0520. The van der Waals surface area contributed by atoms with Gasteiger partial charge in [-0.15, -0.1) is 0 Å². The lowest BCUT2D eigenvalue weighted by atomic mass is 10.0. The molecule has 4 nitrogen and oxygen atoms in total. The van der Waals surface area contributed by atoms with Crippen molar-refractivity contribution < 1.29 is 14.3 Å². The van der Waals surface area contributed by atoms with Crippen molar-refractivity contribution in [1.82, 2.24) is 5.32 Å². The molecule has 0 fully saturated rings. The van der Waals surface area contributed by atoms with Gasteiger partial charge in [-0.2, -0.15) is 11.3 Å². The Hall–Kier alpha value is -1.36. The molecule has 1 unspecified atom stereocenters. The van der Waals surface area contributed by atoms with Gasteiger partial charge in [-0.3, -0.25) is 4.79 Å². The lowest BCUT2D eigenvalue weighted by Crippen LogP contribution is -2.36. The minimum atomic E-state index is -0.523. The van der Waals surface area contributed by atoms with E-state index < -0.39 is 11.7 Å². The third-order valence-corrected chi connectivity index (χ3v) is 2.89. The van der Waals surface area contributed by atoms with E-state index in [0.717, 1.165) is 0 Å². The van der Waals surface area contributed by atoms with Crippen molar-refractivity contribution in [2.24, 2.45) is 5.92 Å². The molecule has 5 heteroatoms. The van der Waals surface area contributed by atoms with E-state index in [0.29, 0.717) is 5.56 Å². The molecule has 1 heterocycles. The van der Waals surface area contributed by atoms with Gasteiger partial charge in [0, 0.05) is 23.4 Å². The molecular weight excluding hydrogens is 250 g/mol. The second-order valence-electron chi connectivity index (χ2n) is 5.16. The van der Waals surface area contributed by atoms with Gasteiger partial charge in [0.15, 0.2) is 5.78 Å². The van der Waals surface area contributed by atoms with Crippen LogP contribution in [0.4, 0.5) is 4.79 Å². The fourth-order valence-corrected chi connectivity index (χ4v) is 1.98.